The van der Waals surface area contributed by atoms with Crippen molar-refractivity contribution in [3.63, 3.8) is 0 Å². The first kappa shape index (κ1) is 14.0. The maximum atomic E-state index is 13.0. The van der Waals surface area contributed by atoms with Crippen molar-refractivity contribution in [2.24, 2.45) is 11.3 Å². The molecule has 19 heavy (non-hydrogen) atoms. The average Bonchev–Trinajstić information content (AvgIpc) is 2.39. The number of allylic oxidation sites excluding steroid dienone is 4. The highest BCUT2D eigenvalue weighted by molar-refractivity contribution is 6.29. The molecule has 1 aliphatic rings. The molecule has 1 aliphatic carbocycles. The van der Waals surface area contributed by atoms with Gasteiger partial charge in [0.1, 0.15) is 11.6 Å². The normalized spacial score (nSPS) is 19.2. The molecule has 0 saturated heterocycles. The molecule has 2 rings (SSSR count). The van der Waals surface area contributed by atoms with Gasteiger partial charge >= 0.3 is 0 Å². The second kappa shape index (κ2) is 5.70. The van der Waals surface area contributed by atoms with Gasteiger partial charge in [-0.1, -0.05) is 31.5 Å². The molecule has 0 amide bonds. The summed E-state index contributed by atoms with van der Waals surface area (Å²) in [5.74, 6) is 0.849. The van der Waals surface area contributed by atoms with Gasteiger partial charge in [0.2, 0.25) is 0 Å². The molecular formula is C14H17ClFN3. The zero-order chi connectivity index (χ0) is 13.9. The van der Waals surface area contributed by atoms with Crippen LogP contribution in [0.15, 0.2) is 36.2 Å². The maximum absolute atomic E-state index is 13.0. The quantitative estimate of drug-likeness (QED) is 0.906. The van der Waals surface area contributed by atoms with Gasteiger partial charge in [0.25, 0.3) is 0 Å². The summed E-state index contributed by atoms with van der Waals surface area (Å²) in [6.07, 6.45) is 5.83. The molecule has 0 aromatic carbocycles. The van der Waals surface area contributed by atoms with Crippen LogP contribution in [0.25, 0.3) is 0 Å². The second-order valence-corrected chi connectivity index (χ2v) is 5.76. The number of hydrogen-bond donors (Lipinski definition) is 1. The van der Waals surface area contributed by atoms with Crippen molar-refractivity contribution in [3.8, 4) is 0 Å². The van der Waals surface area contributed by atoms with Crippen molar-refractivity contribution in [1.29, 1.82) is 0 Å². The largest absolute Gasteiger partial charge is 0.368 e. The minimum Gasteiger partial charge on any atom is -0.368 e. The Hall–Kier alpha value is -1.42. The van der Waals surface area contributed by atoms with Crippen LogP contribution in [0.5, 0.6) is 0 Å². The third-order valence-electron chi connectivity index (χ3n) is 3.42. The van der Waals surface area contributed by atoms with Crippen LogP contribution in [0, 0.1) is 11.3 Å². The summed E-state index contributed by atoms with van der Waals surface area (Å²) in [6.45, 7) is 5.03. The van der Waals surface area contributed by atoms with Crippen molar-refractivity contribution in [2.45, 2.75) is 20.3 Å². The highest BCUT2D eigenvalue weighted by Crippen LogP contribution is 2.34. The lowest BCUT2D eigenvalue weighted by atomic mass is 9.75. The highest BCUT2D eigenvalue weighted by atomic mass is 35.5. The van der Waals surface area contributed by atoms with E-state index in [9.17, 15) is 4.39 Å². The van der Waals surface area contributed by atoms with E-state index in [4.69, 9.17) is 11.6 Å². The number of nitrogens with zero attached hydrogens (tertiary/aromatic N) is 2. The zero-order valence-corrected chi connectivity index (χ0v) is 11.8. The van der Waals surface area contributed by atoms with Crippen LogP contribution in [-0.4, -0.2) is 16.7 Å². The summed E-state index contributed by atoms with van der Waals surface area (Å²) in [5.41, 5.74) is -0.00494. The Morgan fingerprint density at radius 2 is 2.21 bits per heavy atom. The summed E-state index contributed by atoms with van der Waals surface area (Å²) in [5, 5.41) is 11.4. The van der Waals surface area contributed by atoms with Gasteiger partial charge in [-0.2, -0.15) is 0 Å². The van der Waals surface area contributed by atoms with Crippen LogP contribution in [0.3, 0.4) is 0 Å². The predicted octanol–water partition coefficient (Wildman–Crippen LogP) is 4.00. The van der Waals surface area contributed by atoms with Crippen LogP contribution in [0.2, 0.25) is 5.15 Å². The van der Waals surface area contributed by atoms with E-state index >= 15 is 0 Å². The second-order valence-electron chi connectivity index (χ2n) is 5.37. The molecule has 0 aliphatic heterocycles. The van der Waals surface area contributed by atoms with Gasteiger partial charge in [0.15, 0.2) is 5.15 Å². The smallest absolute Gasteiger partial charge is 0.151 e. The van der Waals surface area contributed by atoms with E-state index in [1.807, 2.05) is 6.08 Å². The number of aromatic nitrogens is 2. The van der Waals surface area contributed by atoms with Gasteiger partial charge in [-0.05, 0) is 42.0 Å². The number of rotatable bonds is 4. The van der Waals surface area contributed by atoms with E-state index in [1.54, 1.807) is 18.2 Å². The molecule has 0 fully saturated rings. The lowest BCUT2D eigenvalue weighted by Gasteiger charge is -2.33. The van der Waals surface area contributed by atoms with Crippen LogP contribution in [0.4, 0.5) is 10.2 Å². The summed E-state index contributed by atoms with van der Waals surface area (Å²) >= 11 is 5.68. The Kier molecular flexibility index (Phi) is 4.20. The fourth-order valence-corrected chi connectivity index (χ4v) is 2.13. The van der Waals surface area contributed by atoms with Crippen molar-refractivity contribution >= 4 is 17.4 Å². The van der Waals surface area contributed by atoms with Gasteiger partial charge < -0.3 is 5.32 Å². The van der Waals surface area contributed by atoms with E-state index in [-0.39, 0.29) is 11.2 Å². The fourth-order valence-electron chi connectivity index (χ4n) is 2.03. The monoisotopic (exact) mass is 281 g/mol. The summed E-state index contributed by atoms with van der Waals surface area (Å²) < 4.78 is 13.0. The number of nitrogens with one attached hydrogen (secondary N) is 1. The van der Waals surface area contributed by atoms with E-state index in [0.29, 0.717) is 16.9 Å². The molecular weight excluding hydrogens is 265 g/mol. The van der Waals surface area contributed by atoms with Gasteiger partial charge in [-0.15, -0.1) is 10.2 Å². The Morgan fingerprint density at radius 1 is 1.42 bits per heavy atom. The zero-order valence-electron chi connectivity index (χ0n) is 11.0. The van der Waals surface area contributed by atoms with E-state index in [0.717, 1.165) is 13.0 Å². The highest BCUT2D eigenvalue weighted by Gasteiger charge is 2.28. The van der Waals surface area contributed by atoms with Crippen LogP contribution in [-0.2, 0) is 0 Å². The lowest BCUT2D eigenvalue weighted by molar-refractivity contribution is 0.277. The molecule has 5 heteroatoms. The molecule has 1 heterocycles. The Balaban J connectivity index is 1.94. The molecule has 1 N–H and O–H groups in total. The lowest BCUT2D eigenvalue weighted by Crippen LogP contribution is -2.31. The first-order chi connectivity index (χ1) is 8.97. The van der Waals surface area contributed by atoms with Crippen molar-refractivity contribution in [3.05, 3.63) is 41.3 Å². The average molecular weight is 282 g/mol. The van der Waals surface area contributed by atoms with Crippen molar-refractivity contribution in [1.82, 2.24) is 10.2 Å². The topological polar surface area (TPSA) is 37.8 Å². The maximum Gasteiger partial charge on any atom is 0.151 e. The molecule has 0 spiro atoms. The van der Waals surface area contributed by atoms with E-state index in [1.165, 1.54) is 6.08 Å². The SMILES string of the molecule is CC(C)(CNc1ccc(Cl)nn1)C1C=CC(F)=CC1. The Labute approximate surface area is 117 Å². The minimum atomic E-state index is -0.149. The predicted molar refractivity (Wildman–Crippen MR) is 75.8 cm³/mol. The third-order valence-corrected chi connectivity index (χ3v) is 3.62. The van der Waals surface area contributed by atoms with E-state index in [2.05, 4.69) is 29.4 Å². The van der Waals surface area contributed by atoms with Gasteiger partial charge in [-0.25, -0.2) is 4.39 Å². The van der Waals surface area contributed by atoms with Gasteiger partial charge in [0, 0.05) is 6.54 Å². The van der Waals surface area contributed by atoms with Crippen LogP contribution >= 0.6 is 11.6 Å². The molecule has 3 nitrogen and oxygen atoms in total. The van der Waals surface area contributed by atoms with E-state index < -0.39 is 0 Å². The van der Waals surface area contributed by atoms with Crippen molar-refractivity contribution < 1.29 is 4.39 Å². The van der Waals surface area contributed by atoms with Gasteiger partial charge in [0.05, 0.1) is 0 Å². The molecule has 102 valence electrons. The summed E-state index contributed by atoms with van der Waals surface area (Å²) in [4.78, 5) is 0. The fraction of sp³-hybridized carbons (Fsp3) is 0.429. The first-order valence-electron chi connectivity index (χ1n) is 6.24. The summed E-state index contributed by atoms with van der Waals surface area (Å²) in [6, 6.07) is 3.49. The molecule has 1 aromatic heterocycles. The van der Waals surface area contributed by atoms with Gasteiger partial charge in [-0.3, -0.25) is 0 Å². The Morgan fingerprint density at radius 3 is 2.79 bits per heavy atom. The molecule has 0 bridgehead atoms. The Bertz CT molecular complexity index is 494. The van der Waals surface area contributed by atoms with Crippen molar-refractivity contribution in [2.75, 3.05) is 11.9 Å². The summed E-state index contributed by atoms with van der Waals surface area (Å²) in [7, 11) is 0. The molecule has 0 saturated carbocycles. The minimum absolute atomic E-state index is 0.00494. The third kappa shape index (κ3) is 3.77. The number of halogens is 2. The molecule has 0 radical (unpaired) electrons. The molecule has 1 aromatic rings. The first-order valence-corrected chi connectivity index (χ1v) is 6.62. The molecule has 1 unspecified atom stereocenters. The van der Waals surface area contributed by atoms with Crippen LogP contribution < -0.4 is 5.32 Å². The van der Waals surface area contributed by atoms with Crippen LogP contribution in [0.1, 0.15) is 20.3 Å². The molecule has 1 atom stereocenters. The number of anilines is 1. The number of hydrogen-bond acceptors (Lipinski definition) is 3. The standard InChI is InChI=1S/C14H17ClFN3/c1-14(2,10-3-5-11(16)6-4-10)9-17-13-8-7-12(15)18-19-13/h3,5-8,10H,4,9H2,1-2H3,(H,17,19).